The maximum absolute atomic E-state index is 12.3. The van der Waals surface area contributed by atoms with Crippen molar-refractivity contribution in [3.8, 4) is 0 Å². The van der Waals surface area contributed by atoms with Crippen LogP contribution in [-0.4, -0.2) is 28.3 Å². The van der Waals surface area contributed by atoms with Gasteiger partial charge in [0, 0.05) is 25.1 Å². The van der Waals surface area contributed by atoms with Crippen LogP contribution >= 0.6 is 12.4 Å². The lowest BCUT2D eigenvalue weighted by Gasteiger charge is -2.26. The molecule has 1 aromatic rings. The quantitative estimate of drug-likeness (QED) is 0.895. The van der Waals surface area contributed by atoms with Crippen LogP contribution in [0.3, 0.4) is 0 Å². The maximum atomic E-state index is 12.3. The van der Waals surface area contributed by atoms with Crippen LogP contribution in [0.4, 0.5) is 5.82 Å². The summed E-state index contributed by atoms with van der Waals surface area (Å²) < 4.78 is 1.76. The summed E-state index contributed by atoms with van der Waals surface area (Å²) in [6, 6.07) is 2.40. The van der Waals surface area contributed by atoms with Gasteiger partial charge >= 0.3 is 0 Å². The summed E-state index contributed by atoms with van der Waals surface area (Å²) in [6.45, 7) is 5.18. The van der Waals surface area contributed by atoms with E-state index in [0.29, 0.717) is 6.04 Å². The topological polar surface area (TPSA) is 59.0 Å². The third kappa shape index (κ3) is 4.21. The van der Waals surface area contributed by atoms with Gasteiger partial charge in [-0.2, -0.15) is 5.10 Å². The summed E-state index contributed by atoms with van der Waals surface area (Å²) in [5.41, 5.74) is 1.04. The van der Waals surface area contributed by atoms with Gasteiger partial charge in [-0.3, -0.25) is 9.48 Å². The lowest BCUT2D eigenvalue weighted by molar-refractivity contribution is -0.120. The van der Waals surface area contributed by atoms with E-state index in [1.54, 1.807) is 4.68 Å². The first-order valence-electron chi connectivity index (χ1n) is 7.17. The summed E-state index contributed by atoms with van der Waals surface area (Å²) in [7, 11) is 1.87. The number of amides is 1. The van der Waals surface area contributed by atoms with Crippen molar-refractivity contribution in [3.63, 3.8) is 0 Å². The molecule has 0 spiro atoms. The molecule has 1 amide bonds. The van der Waals surface area contributed by atoms with Crippen molar-refractivity contribution in [2.45, 2.75) is 45.6 Å². The van der Waals surface area contributed by atoms with Crippen molar-refractivity contribution >= 4 is 24.1 Å². The fraction of sp³-hybridized carbons (Fsp3) is 0.714. The molecule has 2 rings (SSSR count). The van der Waals surface area contributed by atoms with Crippen LogP contribution < -0.4 is 10.6 Å². The number of carbonyl (C=O) groups excluding carboxylic acids is 1. The summed E-state index contributed by atoms with van der Waals surface area (Å²) in [5, 5.41) is 10.8. The van der Waals surface area contributed by atoms with Gasteiger partial charge in [0.2, 0.25) is 5.91 Å². The molecule has 1 aromatic heterocycles. The Bertz CT molecular complexity index is 446. The van der Waals surface area contributed by atoms with E-state index in [2.05, 4.69) is 29.6 Å². The molecule has 1 saturated heterocycles. The molecular weight excluding hydrogens is 276 g/mol. The molecule has 1 aliphatic heterocycles. The highest BCUT2D eigenvalue weighted by Crippen LogP contribution is 2.19. The standard InChI is InChI=1S/C14H24N4O.ClH/c1-4-5-12-9-13(18(3)17-12)16-14(19)11-6-7-15-10(2)8-11;/h9-11,15H,4-8H2,1-3H3,(H,16,19);1H/t10-,11-;/m0./s1. The van der Waals surface area contributed by atoms with Gasteiger partial charge in [-0.05, 0) is 32.7 Å². The number of rotatable bonds is 4. The number of hydrogen-bond donors (Lipinski definition) is 2. The molecule has 114 valence electrons. The first-order valence-corrected chi connectivity index (χ1v) is 7.17. The van der Waals surface area contributed by atoms with E-state index in [4.69, 9.17) is 0 Å². The molecule has 1 fully saturated rings. The largest absolute Gasteiger partial charge is 0.314 e. The van der Waals surface area contributed by atoms with E-state index in [0.717, 1.165) is 43.7 Å². The molecule has 6 heteroatoms. The molecule has 1 aliphatic rings. The van der Waals surface area contributed by atoms with Gasteiger partial charge in [-0.1, -0.05) is 13.3 Å². The number of nitrogens with one attached hydrogen (secondary N) is 2. The molecular formula is C14H25ClN4O. The van der Waals surface area contributed by atoms with E-state index < -0.39 is 0 Å². The molecule has 5 nitrogen and oxygen atoms in total. The minimum absolute atomic E-state index is 0. The third-order valence-corrected chi connectivity index (χ3v) is 3.68. The second kappa shape index (κ2) is 7.64. The fourth-order valence-corrected chi connectivity index (χ4v) is 2.62. The van der Waals surface area contributed by atoms with E-state index >= 15 is 0 Å². The SMILES string of the molecule is CCCc1cc(NC(=O)[C@H]2CCN[C@@H](C)C2)n(C)n1.Cl. The number of halogens is 1. The second-order valence-electron chi connectivity index (χ2n) is 5.46. The lowest BCUT2D eigenvalue weighted by atomic mass is 9.92. The maximum Gasteiger partial charge on any atom is 0.228 e. The van der Waals surface area contributed by atoms with Gasteiger partial charge in [0.1, 0.15) is 5.82 Å². The van der Waals surface area contributed by atoms with Crippen LogP contribution in [-0.2, 0) is 18.3 Å². The summed E-state index contributed by atoms with van der Waals surface area (Å²) >= 11 is 0. The van der Waals surface area contributed by atoms with Gasteiger partial charge < -0.3 is 10.6 Å². The average Bonchev–Trinajstić information content (AvgIpc) is 2.70. The van der Waals surface area contributed by atoms with E-state index in [9.17, 15) is 4.79 Å². The smallest absolute Gasteiger partial charge is 0.228 e. The van der Waals surface area contributed by atoms with Crippen LogP contribution in [0.15, 0.2) is 6.07 Å². The number of aromatic nitrogens is 2. The molecule has 2 N–H and O–H groups in total. The monoisotopic (exact) mass is 300 g/mol. The molecule has 0 radical (unpaired) electrons. The zero-order valence-corrected chi connectivity index (χ0v) is 13.3. The molecule has 20 heavy (non-hydrogen) atoms. The van der Waals surface area contributed by atoms with E-state index in [1.165, 1.54) is 0 Å². The number of hydrogen-bond acceptors (Lipinski definition) is 3. The molecule has 2 atom stereocenters. The van der Waals surface area contributed by atoms with Crippen LogP contribution in [0.25, 0.3) is 0 Å². The Morgan fingerprint density at radius 1 is 1.60 bits per heavy atom. The second-order valence-corrected chi connectivity index (χ2v) is 5.46. The Hall–Kier alpha value is -1.07. The predicted octanol–water partition coefficient (Wildman–Crippen LogP) is 2.12. The fourth-order valence-electron chi connectivity index (χ4n) is 2.62. The van der Waals surface area contributed by atoms with Crippen molar-refractivity contribution in [1.29, 1.82) is 0 Å². The Balaban J connectivity index is 0.00000200. The minimum atomic E-state index is 0. The highest BCUT2D eigenvalue weighted by atomic mass is 35.5. The zero-order chi connectivity index (χ0) is 13.8. The van der Waals surface area contributed by atoms with Gasteiger partial charge in [0.25, 0.3) is 0 Å². The lowest BCUT2D eigenvalue weighted by Crippen LogP contribution is -2.40. The molecule has 0 saturated carbocycles. The molecule has 0 bridgehead atoms. The Morgan fingerprint density at radius 2 is 2.35 bits per heavy atom. The number of nitrogens with zero attached hydrogens (tertiary/aromatic N) is 2. The minimum Gasteiger partial charge on any atom is -0.314 e. The number of anilines is 1. The Labute approximate surface area is 126 Å². The number of carbonyl (C=O) groups is 1. The van der Waals surface area contributed by atoms with E-state index in [1.807, 2.05) is 13.1 Å². The van der Waals surface area contributed by atoms with Crippen LogP contribution in [0.1, 0.15) is 38.8 Å². The Kier molecular flexibility index (Phi) is 6.49. The predicted molar refractivity (Wildman–Crippen MR) is 83.3 cm³/mol. The van der Waals surface area contributed by atoms with Crippen LogP contribution in [0.2, 0.25) is 0 Å². The van der Waals surface area contributed by atoms with E-state index in [-0.39, 0.29) is 24.2 Å². The van der Waals surface area contributed by atoms with Crippen molar-refractivity contribution in [2.24, 2.45) is 13.0 Å². The average molecular weight is 301 g/mol. The molecule has 2 heterocycles. The van der Waals surface area contributed by atoms with Crippen molar-refractivity contribution in [2.75, 3.05) is 11.9 Å². The Morgan fingerprint density at radius 3 is 3.00 bits per heavy atom. The van der Waals surface area contributed by atoms with Gasteiger partial charge in [-0.15, -0.1) is 12.4 Å². The normalized spacial score (nSPS) is 22.1. The highest BCUT2D eigenvalue weighted by molar-refractivity contribution is 5.91. The number of aryl methyl sites for hydroxylation is 2. The first-order chi connectivity index (χ1) is 9.10. The van der Waals surface area contributed by atoms with Crippen molar-refractivity contribution in [1.82, 2.24) is 15.1 Å². The van der Waals surface area contributed by atoms with Crippen molar-refractivity contribution in [3.05, 3.63) is 11.8 Å². The summed E-state index contributed by atoms with van der Waals surface area (Å²) in [5.74, 6) is 1.04. The third-order valence-electron chi connectivity index (χ3n) is 3.68. The number of piperidine rings is 1. The molecule has 0 unspecified atom stereocenters. The van der Waals surface area contributed by atoms with Gasteiger partial charge in [0.15, 0.2) is 0 Å². The van der Waals surface area contributed by atoms with Crippen molar-refractivity contribution < 1.29 is 4.79 Å². The molecule has 0 aromatic carbocycles. The first kappa shape index (κ1) is 17.0. The molecule has 0 aliphatic carbocycles. The van der Waals surface area contributed by atoms with Gasteiger partial charge in [0.05, 0.1) is 5.69 Å². The summed E-state index contributed by atoms with van der Waals surface area (Å²) in [4.78, 5) is 12.3. The summed E-state index contributed by atoms with van der Waals surface area (Å²) in [6.07, 6.45) is 3.84. The highest BCUT2D eigenvalue weighted by Gasteiger charge is 2.25. The van der Waals surface area contributed by atoms with Gasteiger partial charge in [-0.25, -0.2) is 0 Å². The van der Waals surface area contributed by atoms with Crippen LogP contribution in [0, 0.1) is 5.92 Å². The van der Waals surface area contributed by atoms with Crippen LogP contribution in [0.5, 0.6) is 0 Å². The zero-order valence-electron chi connectivity index (χ0n) is 12.5.